The highest BCUT2D eigenvalue weighted by atomic mass is 35.5. The summed E-state index contributed by atoms with van der Waals surface area (Å²) in [5, 5.41) is 13.3. The molecule has 3 rings (SSSR count). The van der Waals surface area contributed by atoms with Gasteiger partial charge in [0, 0.05) is 36.8 Å². The zero-order chi connectivity index (χ0) is 24.2. The Labute approximate surface area is 198 Å². The Morgan fingerprint density at radius 3 is 2.64 bits per heavy atom. The van der Waals surface area contributed by atoms with Gasteiger partial charge in [-0.15, -0.1) is 0 Å². The number of likely N-dealkylation sites (tertiary alicyclic amines) is 1. The molecular formula is C22H29ClFN3O5S. The number of halogens is 2. The van der Waals surface area contributed by atoms with Gasteiger partial charge in [-0.2, -0.15) is 0 Å². The van der Waals surface area contributed by atoms with E-state index in [0.717, 1.165) is 18.9 Å². The molecule has 1 unspecified atom stereocenters. The number of rotatable bonds is 8. The summed E-state index contributed by atoms with van der Waals surface area (Å²) in [6.07, 6.45) is 6.38. The molecule has 182 valence electrons. The highest BCUT2D eigenvalue weighted by molar-refractivity contribution is 7.89. The molecule has 11 heteroatoms. The minimum Gasteiger partial charge on any atom is -0.372 e. The fraction of sp³-hybridized carbons (Fsp3) is 0.545. The first-order valence-corrected chi connectivity index (χ1v) is 13.0. The molecule has 8 nitrogen and oxygen atoms in total. The second kappa shape index (κ2) is 10.5. The third-order valence-electron chi connectivity index (χ3n) is 6.12. The summed E-state index contributed by atoms with van der Waals surface area (Å²) in [6.45, 7) is 1.71. The first-order chi connectivity index (χ1) is 15.5. The molecule has 1 aliphatic heterocycles. The summed E-state index contributed by atoms with van der Waals surface area (Å²) in [6, 6.07) is 3.77. The van der Waals surface area contributed by atoms with Crippen molar-refractivity contribution in [2.45, 2.75) is 57.2 Å². The average molecular weight is 502 g/mol. The van der Waals surface area contributed by atoms with Gasteiger partial charge in [-0.25, -0.2) is 17.5 Å². The molecule has 2 fully saturated rings. The standard InChI is InChI=1S/C22H29ClFN3O5S/c1-2-33(31,32)26-19-5-3-15(4-6-19)7-9-27-10-8-22(30,21(27)29)20(28)25-14-16-11-17(23)13-18(24)12-16/h7,9,11-13,15,19,26,30H,2-6,8,10,14H2,1H3,(H,25,28). The van der Waals surface area contributed by atoms with Crippen molar-refractivity contribution in [1.29, 1.82) is 0 Å². The quantitative estimate of drug-likeness (QED) is 0.472. The van der Waals surface area contributed by atoms with Gasteiger partial charge in [-0.1, -0.05) is 17.7 Å². The molecule has 0 aromatic heterocycles. The van der Waals surface area contributed by atoms with Gasteiger partial charge in [0.2, 0.25) is 15.6 Å². The molecule has 1 saturated heterocycles. The second-order valence-corrected chi connectivity index (χ2v) is 11.0. The van der Waals surface area contributed by atoms with Gasteiger partial charge in [0.15, 0.2) is 0 Å². The number of benzene rings is 1. The van der Waals surface area contributed by atoms with E-state index in [1.54, 1.807) is 13.1 Å². The average Bonchev–Trinajstić information content (AvgIpc) is 3.06. The zero-order valence-electron chi connectivity index (χ0n) is 18.4. The Hall–Kier alpha value is -2.01. The van der Waals surface area contributed by atoms with E-state index in [1.165, 1.54) is 17.0 Å². The van der Waals surface area contributed by atoms with Crippen molar-refractivity contribution < 1.29 is 27.5 Å². The molecule has 2 aliphatic rings. The molecule has 1 heterocycles. The number of aliphatic hydroxyl groups is 1. The third kappa shape index (κ3) is 6.53. The highest BCUT2D eigenvalue weighted by Crippen LogP contribution is 2.28. The van der Waals surface area contributed by atoms with Gasteiger partial charge in [0.1, 0.15) is 5.82 Å². The van der Waals surface area contributed by atoms with Crippen LogP contribution in [0.3, 0.4) is 0 Å². The topological polar surface area (TPSA) is 116 Å². The van der Waals surface area contributed by atoms with Crippen LogP contribution in [0.5, 0.6) is 0 Å². The number of amides is 2. The summed E-state index contributed by atoms with van der Waals surface area (Å²) < 4.78 is 39.6. The van der Waals surface area contributed by atoms with E-state index in [4.69, 9.17) is 11.6 Å². The van der Waals surface area contributed by atoms with Crippen molar-refractivity contribution in [1.82, 2.24) is 14.9 Å². The number of sulfonamides is 1. The smallest absolute Gasteiger partial charge is 0.268 e. The largest absolute Gasteiger partial charge is 0.372 e. The SMILES string of the molecule is CCS(=O)(=O)NC1CCC(C=CN2CCC(O)(C(=O)NCc3cc(F)cc(Cl)c3)C2=O)CC1. The van der Waals surface area contributed by atoms with Crippen LogP contribution in [0.1, 0.15) is 44.6 Å². The van der Waals surface area contributed by atoms with E-state index in [1.807, 2.05) is 6.08 Å². The van der Waals surface area contributed by atoms with E-state index in [0.29, 0.717) is 18.4 Å². The summed E-state index contributed by atoms with van der Waals surface area (Å²) >= 11 is 5.80. The van der Waals surface area contributed by atoms with Crippen molar-refractivity contribution in [2.75, 3.05) is 12.3 Å². The van der Waals surface area contributed by atoms with Gasteiger partial charge in [-0.3, -0.25) is 9.59 Å². The summed E-state index contributed by atoms with van der Waals surface area (Å²) in [5.41, 5.74) is -1.77. The number of carbonyl (C=O) groups is 2. The van der Waals surface area contributed by atoms with Crippen LogP contribution in [0, 0.1) is 11.7 Å². The molecule has 3 N–H and O–H groups in total. The normalized spacial score (nSPS) is 26.2. The lowest BCUT2D eigenvalue weighted by atomic mass is 9.86. The maximum absolute atomic E-state index is 13.4. The second-order valence-electron chi connectivity index (χ2n) is 8.54. The number of hydrogen-bond acceptors (Lipinski definition) is 5. The monoisotopic (exact) mass is 501 g/mol. The molecule has 1 aromatic carbocycles. The van der Waals surface area contributed by atoms with Crippen molar-refractivity contribution in [2.24, 2.45) is 5.92 Å². The van der Waals surface area contributed by atoms with E-state index < -0.39 is 33.3 Å². The molecule has 1 atom stereocenters. The number of hydrogen-bond donors (Lipinski definition) is 3. The molecular weight excluding hydrogens is 473 g/mol. The van der Waals surface area contributed by atoms with Crippen molar-refractivity contribution in [3.05, 3.63) is 46.9 Å². The van der Waals surface area contributed by atoms with E-state index in [2.05, 4.69) is 10.0 Å². The zero-order valence-corrected chi connectivity index (χ0v) is 20.0. The lowest BCUT2D eigenvalue weighted by Crippen LogP contribution is -2.51. The van der Waals surface area contributed by atoms with Gasteiger partial charge < -0.3 is 15.3 Å². The van der Waals surface area contributed by atoms with Crippen LogP contribution in [-0.2, 0) is 26.2 Å². The van der Waals surface area contributed by atoms with Crippen LogP contribution < -0.4 is 10.0 Å². The Morgan fingerprint density at radius 2 is 2.00 bits per heavy atom. The Balaban J connectivity index is 1.51. The molecule has 1 saturated carbocycles. The van der Waals surface area contributed by atoms with E-state index >= 15 is 0 Å². The number of carbonyl (C=O) groups excluding carboxylic acids is 2. The summed E-state index contributed by atoms with van der Waals surface area (Å²) in [7, 11) is -3.23. The Kier molecular flexibility index (Phi) is 8.15. The van der Waals surface area contributed by atoms with Gasteiger partial charge in [-0.05, 0) is 62.3 Å². The third-order valence-corrected chi connectivity index (χ3v) is 7.79. The maximum Gasteiger partial charge on any atom is 0.268 e. The number of nitrogens with zero attached hydrogens (tertiary/aromatic N) is 1. The van der Waals surface area contributed by atoms with Gasteiger partial charge >= 0.3 is 0 Å². The predicted octanol–water partition coefficient (Wildman–Crippen LogP) is 2.07. The van der Waals surface area contributed by atoms with Crippen molar-refractivity contribution in [3.8, 4) is 0 Å². The summed E-state index contributed by atoms with van der Waals surface area (Å²) in [5.74, 6) is -1.86. The molecule has 0 spiro atoms. The minimum absolute atomic E-state index is 0.0520. The lowest BCUT2D eigenvalue weighted by molar-refractivity contribution is -0.153. The van der Waals surface area contributed by atoms with Gasteiger partial charge in [0.05, 0.1) is 5.75 Å². The van der Waals surface area contributed by atoms with Crippen LogP contribution in [0.4, 0.5) is 4.39 Å². The molecule has 1 aliphatic carbocycles. The first-order valence-electron chi connectivity index (χ1n) is 11.0. The lowest BCUT2D eigenvalue weighted by Gasteiger charge is -2.27. The van der Waals surface area contributed by atoms with E-state index in [-0.39, 0.29) is 42.2 Å². The number of allylic oxidation sites excluding steroid dienone is 1. The highest BCUT2D eigenvalue weighted by Gasteiger charge is 2.50. The Bertz CT molecular complexity index is 1010. The van der Waals surface area contributed by atoms with Crippen molar-refractivity contribution >= 4 is 33.4 Å². The molecule has 2 amide bonds. The van der Waals surface area contributed by atoms with Crippen LogP contribution in [0.2, 0.25) is 5.02 Å². The maximum atomic E-state index is 13.4. The molecule has 0 radical (unpaired) electrons. The molecule has 1 aromatic rings. The molecule has 0 bridgehead atoms. The first kappa shape index (κ1) is 25.6. The fourth-order valence-electron chi connectivity index (χ4n) is 4.12. The Morgan fingerprint density at radius 1 is 1.30 bits per heavy atom. The summed E-state index contributed by atoms with van der Waals surface area (Å²) in [4.78, 5) is 26.6. The predicted molar refractivity (Wildman–Crippen MR) is 122 cm³/mol. The minimum atomic E-state index is -3.23. The van der Waals surface area contributed by atoms with Crippen LogP contribution in [-0.4, -0.2) is 54.2 Å². The van der Waals surface area contributed by atoms with Crippen molar-refractivity contribution in [3.63, 3.8) is 0 Å². The van der Waals surface area contributed by atoms with Crippen LogP contribution in [0.15, 0.2) is 30.5 Å². The van der Waals surface area contributed by atoms with Crippen LogP contribution >= 0.6 is 11.6 Å². The number of nitrogens with one attached hydrogen (secondary N) is 2. The fourth-order valence-corrected chi connectivity index (χ4v) is 5.27. The van der Waals surface area contributed by atoms with E-state index in [9.17, 15) is 27.5 Å². The molecule has 33 heavy (non-hydrogen) atoms. The van der Waals surface area contributed by atoms with Gasteiger partial charge in [0.25, 0.3) is 11.8 Å². The van der Waals surface area contributed by atoms with Crippen LogP contribution in [0.25, 0.3) is 0 Å².